The van der Waals surface area contributed by atoms with E-state index in [2.05, 4.69) is 37.0 Å². The third-order valence-corrected chi connectivity index (χ3v) is 7.91. The molecule has 0 aliphatic heterocycles. The summed E-state index contributed by atoms with van der Waals surface area (Å²) < 4.78 is 24.7. The Labute approximate surface area is 238 Å². The fraction of sp³-hybridized carbons (Fsp3) is 0.111. The van der Waals surface area contributed by atoms with Crippen LogP contribution in [0.2, 0.25) is 0 Å². The first-order chi connectivity index (χ1) is 18.8. The number of nitrogens with two attached hydrogens (primary N) is 1. The maximum absolute atomic E-state index is 13.6. The molecular formula is C27H20Br2N4O6. The largest absolute Gasteiger partial charge is 0.496 e. The molecule has 0 aliphatic rings. The molecule has 0 spiro atoms. The average molecular weight is 656 g/mol. The number of halogens is 2. The molecule has 0 atom stereocenters. The molecule has 0 fully saturated rings. The Morgan fingerprint density at radius 1 is 1.05 bits per heavy atom. The Morgan fingerprint density at radius 2 is 1.82 bits per heavy atom. The fourth-order valence-corrected chi connectivity index (χ4v) is 4.90. The van der Waals surface area contributed by atoms with Crippen LogP contribution in [0, 0.1) is 0 Å². The van der Waals surface area contributed by atoms with Gasteiger partial charge in [-0.25, -0.2) is 4.98 Å². The molecule has 1 amide bonds. The number of fused-ring (bicyclic) bond motifs is 2. The second-order valence-corrected chi connectivity index (χ2v) is 9.76. The van der Waals surface area contributed by atoms with Crippen molar-refractivity contribution in [2.75, 3.05) is 20.8 Å². The van der Waals surface area contributed by atoms with Crippen molar-refractivity contribution in [3.63, 3.8) is 0 Å². The molecule has 0 bridgehead atoms. The lowest BCUT2D eigenvalue weighted by molar-refractivity contribution is -0.119. The number of amides is 1. The zero-order chi connectivity index (χ0) is 27.7. The second-order valence-electron chi connectivity index (χ2n) is 8.18. The Hall–Kier alpha value is -4.16. The van der Waals surface area contributed by atoms with Gasteiger partial charge in [0.15, 0.2) is 23.9 Å². The quantitative estimate of drug-likeness (QED) is 0.230. The standard InChI is InChI=1S/C27H20Br2N4O6/c1-36-18-8-5-9-19-16(18)11-21(39-19)26-32-17-7-4-3-6-15(17)27(35)33(26)31-12-14-10-20(37-2)25(24(29)23(14)28)38-13-22(30)34/h3-12H,13H2,1-2H3,(H2,30,34). The molecule has 2 heterocycles. The number of nitrogens with zero attached hydrogens (tertiary/aromatic N) is 3. The molecule has 5 aromatic rings. The molecule has 0 radical (unpaired) electrons. The summed E-state index contributed by atoms with van der Waals surface area (Å²) in [5.74, 6) is 1.13. The van der Waals surface area contributed by atoms with E-state index in [0.29, 0.717) is 48.3 Å². The first-order valence-electron chi connectivity index (χ1n) is 11.4. The maximum Gasteiger partial charge on any atom is 0.282 e. The van der Waals surface area contributed by atoms with E-state index in [-0.39, 0.29) is 23.7 Å². The van der Waals surface area contributed by atoms with Gasteiger partial charge in [-0.2, -0.15) is 9.78 Å². The molecular weight excluding hydrogens is 636 g/mol. The number of benzene rings is 3. The van der Waals surface area contributed by atoms with Gasteiger partial charge in [-0.05, 0) is 68.3 Å². The number of carbonyl (C=O) groups excluding carboxylic acids is 1. The Kier molecular flexibility index (Phi) is 7.40. The second kappa shape index (κ2) is 10.9. The highest BCUT2D eigenvalue weighted by Gasteiger charge is 2.20. The van der Waals surface area contributed by atoms with Crippen LogP contribution in [0.15, 0.2) is 77.9 Å². The molecule has 39 heavy (non-hydrogen) atoms. The maximum atomic E-state index is 13.6. The Balaban J connectivity index is 1.68. The van der Waals surface area contributed by atoms with E-state index >= 15 is 0 Å². The van der Waals surface area contributed by atoms with Crippen molar-refractivity contribution in [3.05, 3.63) is 79.5 Å². The van der Waals surface area contributed by atoms with E-state index in [1.54, 1.807) is 49.6 Å². The normalized spacial score (nSPS) is 11.4. The average Bonchev–Trinajstić information content (AvgIpc) is 3.38. The highest BCUT2D eigenvalue weighted by molar-refractivity contribution is 9.13. The Morgan fingerprint density at radius 3 is 2.56 bits per heavy atom. The first-order valence-corrected chi connectivity index (χ1v) is 13.0. The van der Waals surface area contributed by atoms with Crippen LogP contribution in [0.1, 0.15) is 5.56 Å². The number of hydrogen-bond acceptors (Lipinski definition) is 8. The predicted octanol–water partition coefficient (Wildman–Crippen LogP) is 5.10. The van der Waals surface area contributed by atoms with Gasteiger partial charge in [0.05, 0.1) is 41.2 Å². The summed E-state index contributed by atoms with van der Waals surface area (Å²) in [6.45, 7) is -0.335. The number of primary amides is 1. The lowest BCUT2D eigenvalue weighted by Gasteiger charge is -2.14. The predicted molar refractivity (Wildman–Crippen MR) is 154 cm³/mol. The highest BCUT2D eigenvalue weighted by atomic mass is 79.9. The van der Waals surface area contributed by atoms with Gasteiger partial charge < -0.3 is 24.4 Å². The molecule has 198 valence electrons. The van der Waals surface area contributed by atoms with Crippen LogP contribution in [0.5, 0.6) is 17.2 Å². The zero-order valence-corrected chi connectivity index (χ0v) is 23.8. The lowest BCUT2D eigenvalue weighted by atomic mass is 10.2. The molecule has 0 saturated heterocycles. The highest BCUT2D eigenvalue weighted by Crippen LogP contribution is 2.42. The molecule has 3 aromatic carbocycles. The van der Waals surface area contributed by atoms with Crippen LogP contribution in [0.4, 0.5) is 0 Å². The zero-order valence-electron chi connectivity index (χ0n) is 20.6. The summed E-state index contributed by atoms with van der Waals surface area (Å²) in [7, 11) is 3.03. The van der Waals surface area contributed by atoms with Gasteiger partial charge in [0.1, 0.15) is 11.3 Å². The first kappa shape index (κ1) is 26.4. The summed E-state index contributed by atoms with van der Waals surface area (Å²) in [5, 5.41) is 5.62. The van der Waals surface area contributed by atoms with E-state index < -0.39 is 5.91 Å². The lowest BCUT2D eigenvalue weighted by Crippen LogP contribution is -2.20. The summed E-state index contributed by atoms with van der Waals surface area (Å²) in [4.78, 5) is 29.5. The van der Waals surface area contributed by atoms with E-state index in [4.69, 9.17) is 29.3 Å². The number of aromatic nitrogens is 2. The topological polar surface area (TPSA) is 131 Å². The van der Waals surface area contributed by atoms with Crippen molar-refractivity contribution >= 4 is 65.9 Å². The molecule has 2 aromatic heterocycles. The van der Waals surface area contributed by atoms with Crippen LogP contribution in [-0.4, -0.2) is 42.6 Å². The molecule has 0 saturated carbocycles. The van der Waals surface area contributed by atoms with Gasteiger partial charge in [0.2, 0.25) is 5.82 Å². The van der Waals surface area contributed by atoms with Crippen LogP contribution in [0.25, 0.3) is 33.5 Å². The number of methoxy groups -OCH3 is 2. The van der Waals surface area contributed by atoms with Gasteiger partial charge in [0, 0.05) is 10.0 Å². The summed E-state index contributed by atoms with van der Waals surface area (Å²) in [6.07, 6.45) is 1.47. The third-order valence-electron chi connectivity index (χ3n) is 5.76. The van der Waals surface area contributed by atoms with Crippen LogP contribution in [0.3, 0.4) is 0 Å². The summed E-state index contributed by atoms with van der Waals surface area (Å²) in [5.41, 5.74) is 6.44. The van der Waals surface area contributed by atoms with E-state index in [9.17, 15) is 9.59 Å². The minimum absolute atomic E-state index is 0.205. The minimum Gasteiger partial charge on any atom is -0.496 e. The van der Waals surface area contributed by atoms with E-state index in [0.717, 1.165) is 5.39 Å². The monoisotopic (exact) mass is 654 g/mol. The van der Waals surface area contributed by atoms with E-state index in [1.807, 2.05) is 12.1 Å². The van der Waals surface area contributed by atoms with Crippen LogP contribution >= 0.6 is 31.9 Å². The summed E-state index contributed by atoms with van der Waals surface area (Å²) in [6, 6.07) is 15.8. The minimum atomic E-state index is -0.635. The van der Waals surface area contributed by atoms with Crippen molar-refractivity contribution in [1.82, 2.24) is 9.66 Å². The smallest absolute Gasteiger partial charge is 0.282 e. The molecule has 0 unspecified atom stereocenters. The summed E-state index contributed by atoms with van der Waals surface area (Å²) >= 11 is 6.97. The van der Waals surface area contributed by atoms with Crippen molar-refractivity contribution in [1.29, 1.82) is 0 Å². The molecule has 2 N–H and O–H groups in total. The molecule has 0 aliphatic carbocycles. The van der Waals surface area contributed by atoms with Gasteiger partial charge >= 0.3 is 0 Å². The van der Waals surface area contributed by atoms with Gasteiger partial charge in [-0.1, -0.05) is 18.2 Å². The van der Waals surface area contributed by atoms with Crippen molar-refractivity contribution in [2.45, 2.75) is 0 Å². The van der Waals surface area contributed by atoms with E-state index in [1.165, 1.54) is 18.0 Å². The van der Waals surface area contributed by atoms with Crippen molar-refractivity contribution < 1.29 is 23.4 Å². The van der Waals surface area contributed by atoms with Gasteiger partial charge in [-0.15, -0.1) is 0 Å². The molecule has 5 rings (SSSR count). The number of para-hydroxylation sites is 1. The Bertz CT molecular complexity index is 1830. The number of ether oxygens (including phenoxy) is 3. The van der Waals surface area contributed by atoms with Gasteiger partial charge in [-0.3, -0.25) is 9.59 Å². The number of rotatable bonds is 8. The van der Waals surface area contributed by atoms with Crippen molar-refractivity contribution in [2.24, 2.45) is 10.8 Å². The SMILES string of the molecule is COc1cc(C=Nn2c(-c3cc4c(OC)cccc4o3)nc3ccccc3c2=O)c(Br)c(Br)c1OCC(N)=O. The molecule has 10 nitrogen and oxygen atoms in total. The van der Waals surface area contributed by atoms with Crippen LogP contribution < -0.4 is 25.5 Å². The van der Waals surface area contributed by atoms with Gasteiger partial charge in [0.25, 0.3) is 11.5 Å². The third kappa shape index (κ3) is 5.00. The number of hydrogen-bond donors (Lipinski definition) is 1. The fourth-order valence-electron chi connectivity index (χ4n) is 3.96. The molecule has 12 heteroatoms. The van der Waals surface area contributed by atoms with Crippen molar-refractivity contribution in [3.8, 4) is 28.8 Å². The van der Waals surface area contributed by atoms with Crippen LogP contribution in [-0.2, 0) is 4.79 Å². The number of carbonyl (C=O) groups is 1. The number of furan rings is 1.